The second-order valence-electron chi connectivity index (χ2n) is 3.93. The molecule has 0 bridgehead atoms. The number of esters is 1. The van der Waals surface area contributed by atoms with E-state index in [4.69, 9.17) is 4.74 Å². The van der Waals surface area contributed by atoms with Gasteiger partial charge >= 0.3 is 5.97 Å². The number of carbonyl (C=O) groups is 2. The predicted molar refractivity (Wildman–Crippen MR) is 75.6 cm³/mol. The third kappa shape index (κ3) is 5.00. The van der Waals surface area contributed by atoms with Crippen LogP contribution >= 0.6 is 15.9 Å². The van der Waals surface area contributed by atoms with Crippen molar-refractivity contribution in [2.24, 2.45) is 0 Å². The van der Waals surface area contributed by atoms with Crippen molar-refractivity contribution in [2.75, 3.05) is 20.7 Å². The number of methoxy groups -OCH3 is 1. The summed E-state index contributed by atoms with van der Waals surface area (Å²) in [5.74, 6) is -0.687. The van der Waals surface area contributed by atoms with Crippen LogP contribution in [0.5, 0.6) is 0 Å². The van der Waals surface area contributed by atoms with Crippen molar-refractivity contribution in [2.45, 2.75) is 12.5 Å². The maximum absolute atomic E-state index is 11.7. The summed E-state index contributed by atoms with van der Waals surface area (Å²) in [4.78, 5) is 23.4. The first-order valence-electron chi connectivity index (χ1n) is 5.85. The van der Waals surface area contributed by atoms with Crippen LogP contribution in [0, 0.1) is 0 Å². The van der Waals surface area contributed by atoms with E-state index in [0.717, 1.165) is 4.47 Å². The van der Waals surface area contributed by atoms with Gasteiger partial charge in [0.2, 0.25) is 5.91 Å². The number of hydrogen-bond donors (Lipinski definition) is 2. The monoisotopic (exact) mass is 328 g/mol. The molecular formula is C13H17BrN2O3. The Kier molecular flexibility index (Phi) is 6.52. The average molecular weight is 329 g/mol. The summed E-state index contributed by atoms with van der Waals surface area (Å²) in [5.41, 5.74) is 0.688. The molecule has 0 saturated heterocycles. The van der Waals surface area contributed by atoms with Crippen LogP contribution in [0.4, 0.5) is 0 Å². The Labute approximate surface area is 120 Å². The van der Waals surface area contributed by atoms with Gasteiger partial charge in [-0.05, 0) is 24.7 Å². The Morgan fingerprint density at radius 1 is 1.32 bits per heavy atom. The number of halogens is 1. The lowest BCUT2D eigenvalue weighted by Crippen LogP contribution is -2.35. The van der Waals surface area contributed by atoms with E-state index in [-0.39, 0.29) is 5.91 Å². The van der Waals surface area contributed by atoms with Crippen molar-refractivity contribution in [3.05, 3.63) is 34.3 Å². The SMILES string of the molecule is CNCCC(=O)NC(C(=O)OC)c1ccc(Br)cc1. The summed E-state index contributed by atoms with van der Waals surface area (Å²) < 4.78 is 5.63. The number of hydrogen-bond acceptors (Lipinski definition) is 4. The van der Waals surface area contributed by atoms with Crippen molar-refractivity contribution in [3.8, 4) is 0 Å². The second kappa shape index (κ2) is 7.91. The molecule has 0 aliphatic heterocycles. The maximum atomic E-state index is 11.7. The van der Waals surface area contributed by atoms with E-state index in [0.29, 0.717) is 18.5 Å². The molecule has 1 atom stereocenters. The molecule has 0 aromatic heterocycles. The van der Waals surface area contributed by atoms with Gasteiger partial charge in [0.25, 0.3) is 0 Å². The van der Waals surface area contributed by atoms with Crippen LogP contribution in [0.1, 0.15) is 18.0 Å². The third-order valence-corrected chi connectivity index (χ3v) is 3.08. The first-order chi connectivity index (χ1) is 9.08. The van der Waals surface area contributed by atoms with Crippen LogP contribution in [-0.2, 0) is 14.3 Å². The molecule has 0 heterocycles. The molecule has 6 heteroatoms. The number of nitrogens with one attached hydrogen (secondary N) is 2. The topological polar surface area (TPSA) is 67.4 Å². The highest BCUT2D eigenvalue weighted by atomic mass is 79.9. The van der Waals surface area contributed by atoms with E-state index in [2.05, 4.69) is 26.6 Å². The predicted octanol–water partition coefficient (Wildman–Crippen LogP) is 1.39. The Balaban J connectivity index is 2.80. The number of rotatable bonds is 6. The molecule has 0 saturated carbocycles. The molecule has 0 spiro atoms. The summed E-state index contributed by atoms with van der Waals surface area (Å²) in [7, 11) is 3.06. The fraction of sp³-hybridized carbons (Fsp3) is 0.385. The molecule has 0 fully saturated rings. The van der Waals surface area contributed by atoms with Crippen molar-refractivity contribution in [3.63, 3.8) is 0 Å². The van der Waals surface area contributed by atoms with Gasteiger partial charge in [-0.15, -0.1) is 0 Å². The molecule has 1 aromatic rings. The third-order valence-electron chi connectivity index (χ3n) is 2.55. The van der Waals surface area contributed by atoms with E-state index in [1.54, 1.807) is 19.2 Å². The summed E-state index contributed by atoms with van der Waals surface area (Å²) in [6, 6.07) is 6.38. The smallest absolute Gasteiger partial charge is 0.333 e. The zero-order valence-corrected chi connectivity index (χ0v) is 12.5. The zero-order chi connectivity index (χ0) is 14.3. The second-order valence-corrected chi connectivity index (χ2v) is 4.84. The molecule has 1 aromatic carbocycles. The van der Waals surface area contributed by atoms with Crippen LogP contribution in [0.15, 0.2) is 28.7 Å². The van der Waals surface area contributed by atoms with Crippen LogP contribution in [0.25, 0.3) is 0 Å². The first kappa shape index (κ1) is 15.7. The Hall–Kier alpha value is -1.40. The largest absolute Gasteiger partial charge is 0.467 e. The average Bonchev–Trinajstić information content (AvgIpc) is 2.42. The van der Waals surface area contributed by atoms with Crippen LogP contribution in [-0.4, -0.2) is 32.6 Å². The van der Waals surface area contributed by atoms with Crippen molar-refractivity contribution >= 4 is 27.8 Å². The van der Waals surface area contributed by atoms with Gasteiger partial charge in [0.1, 0.15) is 0 Å². The van der Waals surface area contributed by atoms with Gasteiger partial charge in [-0.3, -0.25) is 4.79 Å². The number of carbonyl (C=O) groups excluding carboxylic acids is 2. The summed E-state index contributed by atoms with van der Waals surface area (Å²) in [6.45, 7) is 0.556. The highest BCUT2D eigenvalue weighted by Gasteiger charge is 2.23. The molecule has 104 valence electrons. The Morgan fingerprint density at radius 2 is 1.95 bits per heavy atom. The van der Waals surface area contributed by atoms with Crippen molar-refractivity contribution in [1.29, 1.82) is 0 Å². The molecule has 2 N–H and O–H groups in total. The van der Waals surface area contributed by atoms with E-state index in [1.807, 2.05) is 12.1 Å². The molecule has 1 unspecified atom stereocenters. The van der Waals surface area contributed by atoms with E-state index in [9.17, 15) is 9.59 Å². The lowest BCUT2D eigenvalue weighted by molar-refractivity contribution is -0.145. The van der Waals surface area contributed by atoms with Gasteiger partial charge in [-0.1, -0.05) is 28.1 Å². The minimum absolute atomic E-state index is 0.201. The van der Waals surface area contributed by atoms with Crippen LogP contribution < -0.4 is 10.6 Å². The minimum Gasteiger partial charge on any atom is -0.467 e. The zero-order valence-electron chi connectivity index (χ0n) is 10.9. The van der Waals surface area contributed by atoms with Gasteiger partial charge in [0.05, 0.1) is 7.11 Å². The van der Waals surface area contributed by atoms with Gasteiger partial charge in [0.15, 0.2) is 6.04 Å². The van der Waals surface area contributed by atoms with E-state index < -0.39 is 12.0 Å². The van der Waals surface area contributed by atoms with Crippen LogP contribution in [0.2, 0.25) is 0 Å². The molecule has 19 heavy (non-hydrogen) atoms. The van der Waals surface area contributed by atoms with E-state index >= 15 is 0 Å². The van der Waals surface area contributed by atoms with Crippen molar-refractivity contribution < 1.29 is 14.3 Å². The number of ether oxygens (including phenoxy) is 1. The Bertz CT molecular complexity index is 434. The highest BCUT2D eigenvalue weighted by Crippen LogP contribution is 2.18. The molecular weight excluding hydrogens is 312 g/mol. The number of benzene rings is 1. The van der Waals surface area contributed by atoms with Gasteiger partial charge < -0.3 is 15.4 Å². The molecule has 0 aliphatic carbocycles. The summed E-state index contributed by atoms with van der Waals surface area (Å²) in [5, 5.41) is 5.55. The normalized spacial score (nSPS) is 11.7. The fourth-order valence-electron chi connectivity index (χ4n) is 1.52. The van der Waals surface area contributed by atoms with Gasteiger partial charge in [-0.25, -0.2) is 4.79 Å². The fourth-order valence-corrected chi connectivity index (χ4v) is 1.79. The molecule has 1 amide bonds. The summed E-state index contributed by atoms with van der Waals surface area (Å²) >= 11 is 3.32. The molecule has 0 aliphatic rings. The van der Waals surface area contributed by atoms with Gasteiger partial charge in [-0.2, -0.15) is 0 Å². The maximum Gasteiger partial charge on any atom is 0.333 e. The minimum atomic E-state index is -0.776. The lowest BCUT2D eigenvalue weighted by Gasteiger charge is -2.17. The van der Waals surface area contributed by atoms with Crippen LogP contribution in [0.3, 0.4) is 0 Å². The number of amides is 1. The van der Waals surface area contributed by atoms with Gasteiger partial charge in [0, 0.05) is 17.4 Å². The van der Waals surface area contributed by atoms with E-state index in [1.165, 1.54) is 7.11 Å². The highest BCUT2D eigenvalue weighted by molar-refractivity contribution is 9.10. The quantitative estimate of drug-likeness (QED) is 0.774. The summed E-state index contributed by atoms with van der Waals surface area (Å²) in [6.07, 6.45) is 0.306. The molecule has 0 radical (unpaired) electrons. The molecule has 1 rings (SSSR count). The standard InChI is InChI=1S/C13H17BrN2O3/c1-15-8-7-11(17)16-12(13(18)19-2)9-3-5-10(14)6-4-9/h3-6,12,15H,7-8H2,1-2H3,(H,16,17). The Morgan fingerprint density at radius 3 is 2.47 bits per heavy atom. The first-order valence-corrected chi connectivity index (χ1v) is 6.65. The lowest BCUT2D eigenvalue weighted by atomic mass is 10.1. The van der Waals surface area contributed by atoms with Crippen molar-refractivity contribution in [1.82, 2.24) is 10.6 Å². The molecule has 5 nitrogen and oxygen atoms in total.